The van der Waals surface area contributed by atoms with Crippen LogP contribution < -0.4 is 5.32 Å². The minimum atomic E-state index is -1.56. The van der Waals surface area contributed by atoms with Crippen molar-refractivity contribution in [1.82, 2.24) is 20.3 Å². The first-order chi connectivity index (χ1) is 12.9. The van der Waals surface area contributed by atoms with Crippen LogP contribution in [-0.4, -0.2) is 32.0 Å². The average molecular weight is 372 g/mol. The van der Waals surface area contributed by atoms with Crippen molar-refractivity contribution in [2.75, 3.05) is 0 Å². The fraction of sp³-hybridized carbons (Fsp3) is 0.111. The monoisotopic (exact) mass is 372 g/mol. The standard InChI is InChI=1S/C18H14F2N4O3/c19-13-7-6-12(8-14(13)20)16(18(26)27)21-17(25)15-10-24(23-22-15)9-11-4-2-1-3-5-11/h1-8,10,16H,9H2,(H,21,25)(H,26,27)/t16-/m1/s1. The molecule has 1 heterocycles. The number of hydrogen-bond acceptors (Lipinski definition) is 4. The van der Waals surface area contributed by atoms with Gasteiger partial charge in [-0.15, -0.1) is 5.10 Å². The third-order valence-corrected chi connectivity index (χ3v) is 3.76. The summed E-state index contributed by atoms with van der Waals surface area (Å²) < 4.78 is 27.8. The molecule has 0 aliphatic carbocycles. The first-order valence-electron chi connectivity index (χ1n) is 7.86. The van der Waals surface area contributed by atoms with Crippen LogP contribution in [0, 0.1) is 11.6 Å². The molecule has 2 N–H and O–H groups in total. The second-order valence-electron chi connectivity index (χ2n) is 5.71. The van der Waals surface area contributed by atoms with Crippen molar-refractivity contribution in [3.63, 3.8) is 0 Å². The second-order valence-corrected chi connectivity index (χ2v) is 5.71. The third kappa shape index (κ3) is 4.32. The lowest BCUT2D eigenvalue weighted by molar-refractivity contribution is -0.139. The van der Waals surface area contributed by atoms with E-state index in [4.69, 9.17) is 0 Å². The molecule has 27 heavy (non-hydrogen) atoms. The number of hydrogen-bond donors (Lipinski definition) is 2. The van der Waals surface area contributed by atoms with E-state index in [0.717, 1.165) is 23.8 Å². The normalized spacial score (nSPS) is 11.8. The number of carbonyl (C=O) groups is 2. The molecule has 0 aliphatic heterocycles. The van der Waals surface area contributed by atoms with Gasteiger partial charge in [0.15, 0.2) is 23.4 Å². The molecule has 0 saturated carbocycles. The van der Waals surface area contributed by atoms with Crippen molar-refractivity contribution in [3.8, 4) is 0 Å². The molecule has 2 aromatic carbocycles. The Hall–Kier alpha value is -3.62. The van der Waals surface area contributed by atoms with E-state index in [0.29, 0.717) is 6.54 Å². The Balaban J connectivity index is 1.74. The first kappa shape index (κ1) is 18.2. The second kappa shape index (κ2) is 7.73. The molecule has 0 saturated heterocycles. The molecule has 1 aromatic heterocycles. The minimum Gasteiger partial charge on any atom is -0.479 e. The van der Waals surface area contributed by atoms with E-state index in [-0.39, 0.29) is 11.3 Å². The Labute approximate surface area is 152 Å². The number of halogens is 2. The van der Waals surface area contributed by atoms with Crippen molar-refractivity contribution in [3.05, 3.63) is 83.2 Å². The Kier molecular flexibility index (Phi) is 5.20. The Morgan fingerprint density at radius 1 is 1.11 bits per heavy atom. The summed E-state index contributed by atoms with van der Waals surface area (Å²) in [4.78, 5) is 23.7. The average Bonchev–Trinajstić information content (AvgIpc) is 3.11. The molecule has 3 aromatic rings. The van der Waals surface area contributed by atoms with Crippen molar-refractivity contribution in [1.29, 1.82) is 0 Å². The molecule has 138 valence electrons. The maximum Gasteiger partial charge on any atom is 0.330 e. The highest BCUT2D eigenvalue weighted by molar-refractivity contribution is 5.94. The molecular formula is C18H14F2N4O3. The van der Waals surface area contributed by atoms with Crippen LogP contribution in [0.3, 0.4) is 0 Å². The predicted octanol–water partition coefficient (Wildman–Crippen LogP) is 2.16. The summed E-state index contributed by atoms with van der Waals surface area (Å²) in [6.45, 7) is 0.382. The number of rotatable bonds is 6. The van der Waals surface area contributed by atoms with Gasteiger partial charge in [-0.1, -0.05) is 41.6 Å². The number of benzene rings is 2. The lowest BCUT2D eigenvalue weighted by Gasteiger charge is -2.14. The lowest BCUT2D eigenvalue weighted by Crippen LogP contribution is -2.34. The molecule has 0 unspecified atom stereocenters. The smallest absolute Gasteiger partial charge is 0.330 e. The number of carboxylic acids is 1. The van der Waals surface area contributed by atoms with E-state index in [1.807, 2.05) is 30.3 Å². The fourth-order valence-corrected chi connectivity index (χ4v) is 2.43. The molecule has 0 radical (unpaired) electrons. The highest BCUT2D eigenvalue weighted by Gasteiger charge is 2.25. The molecule has 0 fully saturated rings. The number of carbonyl (C=O) groups excluding carboxylic acids is 1. The molecule has 0 spiro atoms. The van der Waals surface area contributed by atoms with E-state index in [1.165, 1.54) is 10.9 Å². The van der Waals surface area contributed by atoms with Gasteiger partial charge in [-0.25, -0.2) is 18.3 Å². The van der Waals surface area contributed by atoms with Crippen molar-refractivity contribution in [2.45, 2.75) is 12.6 Å². The van der Waals surface area contributed by atoms with E-state index in [2.05, 4.69) is 15.6 Å². The van der Waals surface area contributed by atoms with Crippen LogP contribution in [0.1, 0.15) is 27.7 Å². The summed E-state index contributed by atoms with van der Waals surface area (Å²) in [6, 6.07) is 10.4. The summed E-state index contributed by atoms with van der Waals surface area (Å²) in [5.41, 5.74) is 0.741. The highest BCUT2D eigenvalue weighted by Crippen LogP contribution is 2.17. The molecule has 9 heteroatoms. The number of nitrogens with zero attached hydrogens (tertiary/aromatic N) is 3. The van der Waals surface area contributed by atoms with E-state index in [9.17, 15) is 23.5 Å². The topological polar surface area (TPSA) is 97.1 Å². The summed E-state index contributed by atoms with van der Waals surface area (Å²) in [5, 5.41) is 19.1. The predicted molar refractivity (Wildman–Crippen MR) is 89.8 cm³/mol. The van der Waals surface area contributed by atoms with Crippen molar-refractivity contribution < 1.29 is 23.5 Å². The minimum absolute atomic E-state index is 0.0974. The summed E-state index contributed by atoms with van der Waals surface area (Å²) in [7, 11) is 0. The van der Waals surface area contributed by atoms with E-state index < -0.39 is 29.6 Å². The lowest BCUT2D eigenvalue weighted by atomic mass is 10.1. The Bertz CT molecular complexity index is 976. The van der Waals surface area contributed by atoms with Crippen LogP contribution in [0.2, 0.25) is 0 Å². The molecule has 0 bridgehead atoms. The largest absolute Gasteiger partial charge is 0.479 e. The molecule has 1 atom stereocenters. The number of carboxylic acid groups (broad SMARTS) is 1. The molecule has 1 amide bonds. The number of amides is 1. The van der Waals surface area contributed by atoms with Gasteiger partial charge >= 0.3 is 5.97 Å². The van der Waals surface area contributed by atoms with Crippen LogP contribution in [0.15, 0.2) is 54.7 Å². The SMILES string of the molecule is O=C(N[C@@H](C(=O)O)c1ccc(F)c(F)c1)c1cn(Cc2ccccc2)nn1. The van der Waals surface area contributed by atoms with E-state index in [1.54, 1.807) is 0 Å². The molecule has 3 rings (SSSR count). The van der Waals surface area contributed by atoms with Gasteiger partial charge in [0.2, 0.25) is 0 Å². The van der Waals surface area contributed by atoms with Crippen LogP contribution in [0.25, 0.3) is 0 Å². The van der Waals surface area contributed by atoms with Crippen molar-refractivity contribution in [2.24, 2.45) is 0 Å². The van der Waals surface area contributed by atoms with Gasteiger partial charge in [0.25, 0.3) is 5.91 Å². The summed E-state index contributed by atoms with van der Waals surface area (Å²) in [6.07, 6.45) is 1.37. The maximum atomic E-state index is 13.4. The van der Waals surface area contributed by atoms with E-state index >= 15 is 0 Å². The molecule has 7 nitrogen and oxygen atoms in total. The van der Waals surface area contributed by atoms with Crippen LogP contribution in [-0.2, 0) is 11.3 Å². The van der Waals surface area contributed by atoms with Gasteiger partial charge in [-0.2, -0.15) is 0 Å². The molecule has 0 aliphatic rings. The first-order valence-corrected chi connectivity index (χ1v) is 7.86. The molecular weight excluding hydrogens is 358 g/mol. The quantitative estimate of drug-likeness (QED) is 0.691. The van der Waals surface area contributed by atoms with Crippen LogP contribution in [0.5, 0.6) is 0 Å². The maximum absolute atomic E-state index is 13.4. The van der Waals surface area contributed by atoms with Gasteiger partial charge in [-0.05, 0) is 23.3 Å². The number of aromatic nitrogens is 3. The Morgan fingerprint density at radius 3 is 2.52 bits per heavy atom. The third-order valence-electron chi connectivity index (χ3n) is 3.76. The van der Waals surface area contributed by atoms with Gasteiger partial charge < -0.3 is 10.4 Å². The van der Waals surface area contributed by atoms with Gasteiger partial charge in [0, 0.05) is 0 Å². The van der Waals surface area contributed by atoms with Crippen LogP contribution in [0.4, 0.5) is 8.78 Å². The number of aliphatic carboxylic acids is 1. The summed E-state index contributed by atoms with van der Waals surface area (Å²) in [5.74, 6) is -4.54. The van der Waals surface area contributed by atoms with Gasteiger partial charge in [0.1, 0.15) is 0 Å². The highest BCUT2D eigenvalue weighted by atomic mass is 19.2. The van der Waals surface area contributed by atoms with Crippen LogP contribution >= 0.6 is 0 Å². The fourth-order valence-electron chi connectivity index (χ4n) is 2.43. The zero-order chi connectivity index (χ0) is 19.4. The van der Waals surface area contributed by atoms with Crippen molar-refractivity contribution >= 4 is 11.9 Å². The van der Waals surface area contributed by atoms with Gasteiger partial charge in [0.05, 0.1) is 12.7 Å². The zero-order valence-electron chi connectivity index (χ0n) is 13.8. The summed E-state index contributed by atoms with van der Waals surface area (Å²) >= 11 is 0. The Morgan fingerprint density at radius 2 is 1.85 bits per heavy atom. The van der Waals surface area contributed by atoms with Gasteiger partial charge in [-0.3, -0.25) is 4.79 Å². The zero-order valence-corrected chi connectivity index (χ0v) is 13.8. The number of nitrogens with one attached hydrogen (secondary N) is 1.